The van der Waals surface area contributed by atoms with E-state index in [9.17, 15) is 0 Å². The minimum absolute atomic E-state index is 0.579. The highest BCUT2D eigenvalue weighted by molar-refractivity contribution is 4.91. The number of allylic oxidation sites excluding steroid dienone is 1. The lowest BCUT2D eigenvalue weighted by Gasteiger charge is -2.21. The van der Waals surface area contributed by atoms with E-state index < -0.39 is 0 Å². The molecule has 0 bridgehead atoms. The van der Waals surface area contributed by atoms with Gasteiger partial charge in [0.2, 0.25) is 0 Å². The topological polar surface area (TPSA) is 9.23 Å². The molecule has 50 valence electrons. The number of fused-ring (bicyclic) bond motifs is 1. The van der Waals surface area contributed by atoms with Crippen molar-refractivity contribution in [3.8, 4) is 0 Å². The van der Waals surface area contributed by atoms with Crippen LogP contribution in [0.5, 0.6) is 0 Å². The van der Waals surface area contributed by atoms with Crippen molar-refractivity contribution in [2.75, 3.05) is 0 Å². The quantitative estimate of drug-likeness (QED) is 0.480. The summed E-state index contributed by atoms with van der Waals surface area (Å²) in [5, 5.41) is 0. The minimum atomic E-state index is 0.579. The maximum atomic E-state index is 5.42. The molecular formula is C8H12O. The highest BCUT2D eigenvalue weighted by atomic mass is 16.5. The van der Waals surface area contributed by atoms with Crippen LogP contribution in [-0.2, 0) is 4.74 Å². The third-order valence-corrected chi connectivity index (χ3v) is 2.38. The Kier molecular flexibility index (Phi) is 1.22. The maximum Gasteiger partial charge on any atom is 0.101 e. The van der Waals surface area contributed by atoms with Gasteiger partial charge < -0.3 is 4.74 Å². The Labute approximate surface area is 55.7 Å². The van der Waals surface area contributed by atoms with Crippen molar-refractivity contribution in [1.82, 2.24) is 0 Å². The monoisotopic (exact) mass is 124 g/mol. The zero-order valence-corrected chi connectivity index (χ0v) is 5.55. The lowest BCUT2D eigenvalue weighted by atomic mass is 10.0. The fourth-order valence-corrected chi connectivity index (χ4v) is 1.84. The molecule has 0 aromatic heterocycles. The van der Waals surface area contributed by atoms with Crippen molar-refractivity contribution in [2.24, 2.45) is 5.92 Å². The van der Waals surface area contributed by atoms with E-state index in [1.165, 1.54) is 25.7 Å². The van der Waals surface area contributed by atoms with Gasteiger partial charge in [-0.25, -0.2) is 0 Å². The van der Waals surface area contributed by atoms with Gasteiger partial charge in [-0.3, -0.25) is 0 Å². The summed E-state index contributed by atoms with van der Waals surface area (Å²) in [5.41, 5.74) is 0. The van der Waals surface area contributed by atoms with Crippen LogP contribution in [0.4, 0.5) is 0 Å². The highest BCUT2D eigenvalue weighted by Crippen LogP contribution is 2.33. The molecule has 2 rings (SSSR count). The normalized spacial score (nSPS) is 40.0. The van der Waals surface area contributed by atoms with Crippen LogP contribution in [0.2, 0.25) is 0 Å². The first-order valence-electron chi connectivity index (χ1n) is 3.77. The van der Waals surface area contributed by atoms with Crippen molar-refractivity contribution in [3.05, 3.63) is 12.3 Å². The SMILES string of the molecule is C1=COC2CCCC2C1. The highest BCUT2D eigenvalue weighted by Gasteiger charge is 2.28. The second-order valence-electron chi connectivity index (χ2n) is 2.97. The Morgan fingerprint density at radius 2 is 2.33 bits per heavy atom. The van der Waals surface area contributed by atoms with Gasteiger partial charge in [0.15, 0.2) is 0 Å². The standard InChI is InChI=1S/C8H12O/c1-3-7-4-2-6-9-8(7)5-1/h2,6-8H,1,3-5H2. The van der Waals surface area contributed by atoms with E-state index in [0.717, 1.165) is 5.92 Å². The van der Waals surface area contributed by atoms with E-state index in [4.69, 9.17) is 4.74 Å². The summed E-state index contributed by atoms with van der Waals surface area (Å²) < 4.78 is 5.42. The summed E-state index contributed by atoms with van der Waals surface area (Å²) >= 11 is 0. The third-order valence-electron chi connectivity index (χ3n) is 2.38. The summed E-state index contributed by atoms with van der Waals surface area (Å²) in [5.74, 6) is 0.856. The Hall–Kier alpha value is -0.460. The minimum Gasteiger partial charge on any atom is -0.498 e. The molecule has 2 atom stereocenters. The average Bonchev–Trinajstić information content (AvgIpc) is 2.33. The number of ether oxygens (including phenoxy) is 1. The lowest BCUT2D eigenvalue weighted by Crippen LogP contribution is -2.17. The van der Waals surface area contributed by atoms with Gasteiger partial charge in [0.25, 0.3) is 0 Å². The second-order valence-corrected chi connectivity index (χ2v) is 2.97. The Morgan fingerprint density at radius 3 is 3.22 bits per heavy atom. The Balaban J connectivity index is 2.07. The second kappa shape index (κ2) is 2.05. The fourth-order valence-electron chi connectivity index (χ4n) is 1.84. The first kappa shape index (κ1) is 5.33. The van der Waals surface area contributed by atoms with Crippen LogP contribution < -0.4 is 0 Å². The van der Waals surface area contributed by atoms with Crippen molar-refractivity contribution < 1.29 is 4.74 Å². The predicted octanol–water partition coefficient (Wildman–Crippen LogP) is 2.09. The molecule has 0 amide bonds. The van der Waals surface area contributed by atoms with E-state index >= 15 is 0 Å². The summed E-state index contributed by atoms with van der Waals surface area (Å²) in [4.78, 5) is 0. The summed E-state index contributed by atoms with van der Waals surface area (Å²) in [7, 11) is 0. The van der Waals surface area contributed by atoms with Crippen LogP contribution >= 0.6 is 0 Å². The molecule has 1 heteroatoms. The molecule has 0 N–H and O–H groups in total. The van der Waals surface area contributed by atoms with Gasteiger partial charge in [0, 0.05) is 0 Å². The number of hydrogen-bond donors (Lipinski definition) is 0. The van der Waals surface area contributed by atoms with Gasteiger partial charge in [-0.15, -0.1) is 0 Å². The maximum absolute atomic E-state index is 5.42. The fraction of sp³-hybridized carbons (Fsp3) is 0.750. The Morgan fingerprint density at radius 1 is 1.33 bits per heavy atom. The molecule has 9 heavy (non-hydrogen) atoms. The van der Waals surface area contributed by atoms with Crippen molar-refractivity contribution in [3.63, 3.8) is 0 Å². The van der Waals surface area contributed by atoms with Crippen LogP contribution in [0.15, 0.2) is 12.3 Å². The molecule has 2 aliphatic rings. The van der Waals surface area contributed by atoms with Crippen LogP contribution in [0.1, 0.15) is 25.7 Å². The smallest absolute Gasteiger partial charge is 0.101 e. The molecule has 0 aromatic carbocycles. The molecule has 1 heterocycles. The third kappa shape index (κ3) is 0.846. The summed E-state index contributed by atoms with van der Waals surface area (Å²) in [6.45, 7) is 0. The van der Waals surface area contributed by atoms with Crippen LogP contribution in [0.3, 0.4) is 0 Å². The molecule has 1 nitrogen and oxygen atoms in total. The van der Waals surface area contributed by atoms with Crippen LogP contribution in [0, 0.1) is 5.92 Å². The molecule has 0 saturated heterocycles. The van der Waals surface area contributed by atoms with Gasteiger partial charge >= 0.3 is 0 Å². The summed E-state index contributed by atoms with van der Waals surface area (Å²) in [6, 6.07) is 0. The van der Waals surface area contributed by atoms with E-state index in [0.29, 0.717) is 6.10 Å². The van der Waals surface area contributed by atoms with Gasteiger partial charge in [0.05, 0.1) is 6.26 Å². The average molecular weight is 124 g/mol. The predicted molar refractivity (Wildman–Crippen MR) is 36.0 cm³/mol. The molecule has 2 unspecified atom stereocenters. The zero-order valence-electron chi connectivity index (χ0n) is 5.55. The first-order valence-corrected chi connectivity index (χ1v) is 3.77. The molecule has 1 fully saturated rings. The van der Waals surface area contributed by atoms with E-state index in [2.05, 4.69) is 6.08 Å². The molecule has 0 radical (unpaired) electrons. The lowest BCUT2D eigenvalue weighted by molar-refractivity contribution is 0.0942. The van der Waals surface area contributed by atoms with Crippen LogP contribution in [-0.4, -0.2) is 6.10 Å². The first-order chi connectivity index (χ1) is 4.47. The van der Waals surface area contributed by atoms with Gasteiger partial charge in [0.1, 0.15) is 6.10 Å². The zero-order chi connectivity index (χ0) is 6.10. The van der Waals surface area contributed by atoms with Crippen LogP contribution in [0.25, 0.3) is 0 Å². The van der Waals surface area contributed by atoms with Gasteiger partial charge in [-0.2, -0.15) is 0 Å². The summed E-state index contributed by atoms with van der Waals surface area (Å²) in [6.07, 6.45) is 9.89. The Bertz CT molecular complexity index is 115. The largest absolute Gasteiger partial charge is 0.498 e. The molecule has 1 aliphatic carbocycles. The van der Waals surface area contributed by atoms with E-state index in [-0.39, 0.29) is 0 Å². The molecule has 0 spiro atoms. The van der Waals surface area contributed by atoms with Gasteiger partial charge in [-0.05, 0) is 37.7 Å². The molecular weight excluding hydrogens is 112 g/mol. The van der Waals surface area contributed by atoms with Crippen molar-refractivity contribution in [1.29, 1.82) is 0 Å². The molecule has 0 aromatic rings. The van der Waals surface area contributed by atoms with Crippen molar-refractivity contribution >= 4 is 0 Å². The van der Waals surface area contributed by atoms with E-state index in [1.807, 2.05) is 6.26 Å². The van der Waals surface area contributed by atoms with Crippen molar-refractivity contribution in [2.45, 2.75) is 31.8 Å². The molecule has 1 aliphatic heterocycles. The van der Waals surface area contributed by atoms with E-state index in [1.54, 1.807) is 0 Å². The molecule has 1 saturated carbocycles. The van der Waals surface area contributed by atoms with Gasteiger partial charge in [-0.1, -0.05) is 0 Å². The number of rotatable bonds is 0. The number of hydrogen-bond acceptors (Lipinski definition) is 1.